The Balaban J connectivity index is 3.10. The van der Waals surface area contributed by atoms with Crippen molar-refractivity contribution in [3.05, 3.63) is 33.1 Å². The Hall–Kier alpha value is -0.0200. The Bertz CT molecular complexity index is 350. The van der Waals surface area contributed by atoms with Crippen molar-refractivity contribution < 1.29 is 4.74 Å². The lowest BCUT2D eigenvalue weighted by atomic mass is 9.98. The fraction of sp³-hybridized carbons (Fsp3) is 0.462. The standard InChI is InChI=1S/C13H17Br2O/c1-4-6-16-13-11(9(3)5-2)7-10(14)8-12(13)15/h4,7-9H,5-6H2,1-3H3. The Labute approximate surface area is 115 Å². The van der Waals surface area contributed by atoms with E-state index in [-0.39, 0.29) is 0 Å². The molecule has 3 heteroatoms. The number of rotatable bonds is 5. The highest BCUT2D eigenvalue weighted by Gasteiger charge is 2.14. The number of benzene rings is 1. The van der Waals surface area contributed by atoms with Crippen LogP contribution in [0.5, 0.6) is 5.75 Å². The molecule has 0 aromatic heterocycles. The number of hydrogen-bond donors (Lipinski definition) is 0. The molecule has 0 spiro atoms. The zero-order valence-electron chi connectivity index (χ0n) is 9.89. The molecule has 1 aromatic carbocycles. The first-order chi connectivity index (χ1) is 7.60. The van der Waals surface area contributed by atoms with Crippen molar-refractivity contribution in [3.8, 4) is 5.75 Å². The van der Waals surface area contributed by atoms with E-state index >= 15 is 0 Å². The number of hydrogen-bond acceptors (Lipinski definition) is 1. The summed E-state index contributed by atoms with van der Waals surface area (Å²) in [6.07, 6.45) is 3.12. The highest BCUT2D eigenvalue weighted by atomic mass is 79.9. The van der Waals surface area contributed by atoms with Crippen LogP contribution in [0.3, 0.4) is 0 Å². The SMILES string of the molecule is C[CH]COc1c(Br)cc(Br)cc1C(C)CC. The lowest BCUT2D eigenvalue weighted by Crippen LogP contribution is -2.02. The van der Waals surface area contributed by atoms with E-state index < -0.39 is 0 Å². The molecule has 1 atom stereocenters. The Morgan fingerprint density at radius 1 is 1.38 bits per heavy atom. The van der Waals surface area contributed by atoms with Gasteiger partial charge >= 0.3 is 0 Å². The molecular formula is C13H17Br2O. The smallest absolute Gasteiger partial charge is 0.137 e. The van der Waals surface area contributed by atoms with E-state index in [4.69, 9.17) is 4.74 Å². The summed E-state index contributed by atoms with van der Waals surface area (Å²) in [6, 6.07) is 4.17. The molecule has 0 fully saturated rings. The van der Waals surface area contributed by atoms with Crippen molar-refractivity contribution >= 4 is 31.9 Å². The third-order valence-corrected chi connectivity index (χ3v) is 3.62. The van der Waals surface area contributed by atoms with Crippen molar-refractivity contribution in [1.29, 1.82) is 0 Å². The summed E-state index contributed by atoms with van der Waals surface area (Å²) < 4.78 is 7.87. The molecule has 0 saturated heterocycles. The summed E-state index contributed by atoms with van der Waals surface area (Å²) in [5, 5.41) is 0. The first-order valence-corrected chi connectivity index (χ1v) is 7.08. The molecule has 1 unspecified atom stereocenters. The second-order valence-electron chi connectivity index (χ2n) is 3.83. The van der Waals surface area contributed by atoms with Crippen molar-refractivity contribution in [2.24, 2.45) is 0 Å². The van der Waals surface area contributed by atoms with Gasteiger partial charge in [0.15, 0.2) is 0 Å². The first-order valence-electron chi connectivity index (χ1n) is 5.49. The van der Waals surface area contributed by atoms with Gasteiger partial charge in [0.05, 0.1) is 11.1 Å². The molecule has 16 heavy (non-hydrogen) atoms. The van der Waals surface area contributed by atoms with Crippen LogP contribution in [0.1, 0.15) is 38.7 Å². The Morgan fingerprint density at radius 3 is 2.62 bits per heavy atom. The van der Waals surface area contributed by atoms with E-state index in [9.17, 15) is 0 Å². The second-order valence-corrected chi connectivity index (χ2v) is 5.60. The van der Waals surface area contributed by atoms with Crippen LogP contribution in [-0.2, 0) is 0 Å². The van der Waals surface area contributed by atoms with E-state index in [2.05, 4.69) is 51.8 Å². The van der Waals surface area contributed by atoms with E-state index in [0.29, 0.717) is 12.5 Å². The van der Waals surface area contributed by atoms with E-state index in [1.807, 2.05) is 19.4 Å². The van der Waals surface area contributed by atoms with Crippen LogP contribution < -0.4 is 4.74 Å². The van der Waals surface area contributed by atoms with Gasteiger partial charge in [-0.1, -0.05) is 36.7 Å². The quantitative estimate of drug-likeness (QED) is 0.698. The molecule has 0 bridgehead atoms. The van der Waals surface area contributed by atoms with Gasteiger partial charge in [-0.15, -0.1) is 0 Å². The summed E-state index contributed by atoms with van der Waals surface area (Å²) in [4.78, 5) is 0. The summed E-state index contributed by atoms with van der Waals surface area (Å²) in [6.45, 7) is 7.05. The van der Waals surface area contributed by atoms with Crippen LogP contribution >= 0.6 is 31.9 Å². The molecular weight excluding hydrogens is 332 g/mol. The van der Waals surface area contributed by atoms with Crippen LogP contribution in [0.2, 0.25) is 0 Å². The van der Waals surface area contributed by atoms with E-state index in [1.54, 1.807) is 0 Å². The maximum Gasteiger partial charge on any atom is 0.137 e. The van der Waals surface area contributed by atoms with Gasteiger partial charge in [0.1, 0.15) is 5.75 Å². The van der Waals surface area contributed by atoms with E-state index in [1.165, 1.54) is 5.56 Å². The van der Waals surface area contributed by atoms with Gasteiger partial charge in [0.25, 0.3) is 0 Å². The lowest BCUT2D eigenvalue weighted by Gasteiger charge is -2.17. The van der Waals surface area contributed by atoms with Gasteiger partial charge in [0, 0.05) is 4.47 Å². The normalized spacial score (nSPS) is 12.6. The summed E-state index contributed by atoms with van der Waals surface area (Å²) in [5.41, 5.74) is 1.26. The molecule has 1 aromatic rings. The molecule has 0 aliphatic heterocycles. The minimum Gasteiger partial charge on any atom is -0.492 e. The molecule has 0 aliphatic rings. The minimum absolute atomic E-state index is 0.501. The number of ether oxygens (including phenoxy) is 1. The Kier molecular flexibility index (Phi) is 5.84. The summed E-state index contributed by atoms with van der Waals surface area (Å²) in [7, 11) is 0. The fourth-order valence-electron chi connectivity index (χ4n) is 1.49. The predicted octanol–water partition coefficient (Wildman–Crippen LogP) is 5.33. The van der Waals surface area contributed by atoms with Gasteiger partial charge in [-0.25, -0.2) is 0 Å². The van der Waals surface area contributed by atoms with Crippen LogP contribution in [0.4, 0.5) is 0 Å². The molecule has 1 radical (unpaired) electrons. The second kappa shape index (κ2) is 6.65. The van der Waals surface area contributed by atoms with Gasteiger partial charge in [0.2, 0.25) is 0 Å². The summed E-state index contributed by atoms with van der Waals surface area (Å²) in [5.74, 6) is 1.47. The Morgan fingerprint density at radius 2 is 2.06 bits per heavy atom. The van der Waals surface area contributed by atoms with Crippen LogP contribution in [-0.4, -0.2) is 6.61 Å². The summed E-state index contributed by atoms with van der Waals surface area (Å²) >= 11 is 7.08. The van der Waals surface area contributed by atoms with Crippen molar-refractivity contribution in [3.63, 3.8) is 0 Å². The van der Waals surface area contributed by atoms with Gasteiger partial charge in [-0.3, -0.25) is 0 Å². The van der Waals surface area contributed by atoms with Crippen LogP contribution in [0.15, 0.2) is 21.1 Å². The lowest BCUT2D eigenvalue weighted by molar-refractivity contribution is 0.341. The predicted molar refractivity (Wildman–Crippen MR) is 76.0 cm³/mol. The molecule has 1 rings (SSSR count). The maximum atomic E-state index is 5.77. The molecule has 0 amide bonds. The molecule has 89 valence electrons. The maximum absolute atomic E-state index is 5.77. The van der Waals surface area contributed by atoms with Crippen molar-refractivity contribution in [1.82, 2.24) is 0 Å². The first kappa shape index (κ1) is 14.0. The third-order valence-electron chi connectivity index (χ3n) is 2.57. The van der Waals surface area contributed by atoms with E-state index in [0.717, 1.165) is 21.1 Å². The number of halogens is 2. The van der Waals surface area contributed by atoms with Gasteiger partial charge in [-0.2, -0.15) is 0 Å². The third kappa shape index (κ3) is 3.49. The highest BCUT2D eigenvalue weighted by Crippen LogP contribution is 2.38. The molecule has 0 saturated carbocycles. The van der Waals surface area contributed by atoms with Crippen molar-refractivity contribution in [2.45, 2.75) is 33.1 Å². The molecule has 0 N–H and O–H groups in total. The van der Waals surface area contributed by atoms with Crippen molar-refractivity contribution in [2.75, 3.05) is 6.61 Å². The van der Waals surface area contributed by atoms with Crippen LogP contribution in [0.25, 0.3) is 0 Å². The van der Waals surface area contributed by atoms with Crippen LogP contribution in [0, 0.1) is 6.42 Å². The van der Waals surface area contributed by atoms with Gasteiger partial charge in [-0.05, 0) is 52.4 Å². The molecule has 0 aliphatic carbocycles. The average Bonchev–Trinajstić information content (AvgIpc) is 2.26. The zero-order chi connectivity index (χ0) is 12.1. The molecule has 1 nitrogen and oxygen atoms in total. The zero-order valence-corrected chi connectivity index (χ0v) is 13.1. The fourth-order valence-corrected chi connectivity index (χ4v) is 2.86. The topological polar surface area (TPSA) is 9.23 Å². The van der Waals surface area contributed by atoms with Gasteiger partial charge < -0.3 is 4.74 Å². The highest BCUT2D eigenvalue weighted by molar-refractivity contribution is 9.11. The largest absolute Gasteiger partial charge is 0.492 e. The minimum atomic E-state index is 0.501. The average molecular weight is 349 g/mol. The monoisotopic (exact) mass is 347 g/mol. The molecule has 0 heterocycles.